The topological polar surface area (TPSA) is 145 Å². The number of ether oxygens (including phenoxy) is 2. The lowest BCUT2D eigenvalue weighted by Gasteiger charge is -2.29. The first kappa shape index (κ1) is 36.8. The number of anilines is 2. The highest BCUT2D eigenvalue weighted by Crippen LogP contribution is 2.43. The van der Waals surface area contributed by atoms with Crippen LogP contribution in [0.1, 0.15) is 53.4 Å². The first-order valence-corrected chi connectivity index (χ1v) is 17.8. The molecule has 0 fully saturated rings. The van der Waals surface area contributed by atoms with E-state index in [1.54, 1.807) is 36.0 Å². The molecule has 0 unspecified atom stereocenters. The van der Waals surface area contributed by atoms with E-state index < -0.39 is 0 Å². The molecule has 0 saturated heterocycles. The molecule has 0 radical (unpaired) electrons. The van der Waals surface area contributed by atoms with Crippen molar-refractivity contribution in [2.45, 2.75) is 53.4 Å². The van der Waals surface area contributed by atoms with Crippen molar-refractivity contribution in [3.05, 3.63) is 58.8 Å². The Labute approximate surface area is 311 Å². The fourth-order valence-corrected chi connectivity index (χ4v) is 6.81. The van der Waals surface area contributed by atoms with Crippen LogP contribution in [0.3, 0.4) is 0 Å². The molecule has 0 aliphatic carbocycles. The molecule has 52 heavy (non-hydrogen) atoms. The van der Waals surface area contributed by atoms with Crippen molar-refractivity contribution in [1.29, 1.82) is 0 Å². The lowest BCUT2D eigenvalue weighted by atomic mass is 9.98. The normalized spacial score (nSPS) is 15.0. The average Bonchev–Trinajstić information content (AvgIpc) is 3.12. The Morgan fingerprint density at radius 1 is 0.692 bits per heavy atom. The quantitative estimate of drug-likeness (QED) is 0.140. The second-order valence-electron chi connectivity index (χ2n) is 13.4. The van der Waals surface area contributed by atoms with Gasteiger partial charge < -0.3 is 19.1 Å². The lowest BCUT2D eigenvalue weighted by molar-refractivity contribution is -0.122. The number of amides is 2. The van der Waals surface area contributed by atoms with Crippen LogP contribution in [0.4, 0.5) is 11.6 Å². The van der Waals surface area contributed by atoms with Crippen molar-refractivity contribution in [1.82, 2.24) is 19.9 Å². The molecule has 270 valence electrons. The number of aromatic nitrogens is 4. The van der Waals surface area contributed by atoms with Gasteiger partial charge in [-0.3, -0.25) is 19.4 Å². The summed E-state index contributed by atoms with van der Waals surface area (Å²) < 4.78 is 11.4. The van der Waals surface area contributed by atoms with E-state index in [0.29, 0.717) is 94.1 Å². The molecular formula is C38H38Cl2N6O6. The molecule has 0 saturated carbocycles. The van der Waals surface area contributed by atoms with Crippen LogP contribution in [0.2, 0.25) is 10.0 Å². The predicted octanol–water partition coefficient (Wildman–Crippen LogP) is 7.04. The summed E-state index contributed by atoms with van der Waals surface area (Å²) in [5, 5.41) is 0.760. The van der Waals surface area contributed by atoms with Crippen molar-refractivity contribution in [3.63, 3.8) is 0 Å². The molecule has 4 aromatic rings. The number of Topliss-reactive ketones (excluding diaryl/α,β-unsaturated/α-hetero) is 2. The number of hydrogen-bond donors (Lipinski definition) is 0. The number of benzene rings is 2. The van der Waals surface area contributed by atoms with Gasteiger partial charge in [-0.05, 0) is 38.5 Å². The third-order valence-corrected chi connectivity index (χ3v) is 9.84. The van der Waals surface area contributed by atoms with Gasteiger partial charge in [-0.25, -0.2) is 19.9 Å². The van der Waals surface area contributed by atoms with Crippen LogP contribution < -0.4 is 19.3 Å². The van der Waals surface area contributed by atoms with Gasteiger partial charge in [0.25, 0.3) is 23.6 Å². The molecule has 14 heteroatoms. The summed E-state index contributed by atoms with van der Waals surface area (Å²) in [7, 11) is 0. The summed E-state index contributed by atoms with van der Waals surface area (Å²) in [6, 6.07) is 11.0. The molecule has 0 bridgehead atoms. The summed E-state index contributed by atoms with van der Waals surface area (Å²) in [6.07, 6.45) is 5.31. The monoisotopic (exact) mass is 744 g/mol. The highest BCUT2D eigenvalue weighted by molar-refractivity contribution is 6.39. The Balaban J connectivity index is 1.27. The Hall–Kier alpha value is -4.94. The number of carbonyl (C=O) groups is 4. The number of halogens is 2. The van der Waals surface area contributed by atoms with Crippen molar-refractivity contribution in [2.24, 2.45) is 11.8 Å². The summed E-state index contributed by atoms with van der Waals surface area (Å²) >= 11 is 14.1. The highest BCUT2D eigenvalue weighted by Gasteiger charge is 2.32. The minimum absolute atomic E-state index is 0.0730. The van der Waals surface area contributed by atoms with Gasteiger partial charge in [0.15, 0.2) is 24.8 Å². The van der Waals surface area contributed by atoms with E-state index >= 15 is 0 Å². The SMILES string of the molecule is CC(=O)CC[C@H](C)CN1C(=O)COc2nc(-c3cccc(-c4cccc(-c5cnc6c(n5)OCC(=O)N6C[C@@H](C)CCC(C)=O)c4Cl)c3Cl)cnc21. The summed E-state index contributed by atoms with van der Waals surface area (Å²) in [5.41, 5.74) is 3.35. The molecule has 0 spiro atoms. The minimum atomic E-state index is -0.226. The summed E-state index contributed by atoms with van der Waals surface area (Å²) in [6.45, 7) is 7.52. The van der Waals surface area contributed by atoms with Crippen LogP contribution in [-0.2, 0) is 19.2 Å². The number of fused-ring (bicyclic) bond motifs is 2. The maximum atomic E-state index is 12.8. The van der Waals surface area contributed by atoms with E-state index in [2.05, 4.69) is 9.97 Å². The van der Waals surface area contributed by atoms with Crippen LogP contribution in [0, 0.1) is 11.8 Å². The largest absolute Gasteiger partial charge is 0.465 e. The predicted molar refractivity (Wildman–Crippen MR) is 198 cm³/mol. The van der Waals surface area contributed by atoms with Crippen LogP contribution in [0.25, 0.3) is 33.6 Å². The van der Waals surface area contributed by atoms with Crippen LogP contribution in [-0.4, -0.2) is 69.6 Å². The van der Waals surface area contributed by atoms with E-state index in [1.807, 2.05) is 50.2 Å². The number of nitrogens with zero attached hydrogens (tertiary/aromatic N) is 6. The van der Waals surface area contributed by atoms with Crippen molar-refractivity contribution in [3.8, 4) is 45.4 Å². The van der Waals surface area contributed by atoms with Gasteiger partial charge in [0.1, 0.15) is 11.6 Å². The Bertz CT molecular complexity index is 1910. The summed E-state index contributed by atoms with van der Waals surface area (Å²) in [5.74, 6) is 0.986. The van der Waals surface area contributed by atoms with Crippen molar-refractivity contribution in [2.75, 3.05) is 36.1 Å². The Morgan fingerprint density at radius 2 is 1.08 bits per heavy atom. The fraction of sp³-hybridized carbons (Fsp3) is 0.368. The zero-order chi connectivity index (χ0) is 37.1. The van der Waals surface area contributed by atoms with E-state index in [9.17, 15) is 19.2 Å². The molecule has 2 aromatic carbocycles. The van der Waals surface area contributed by atoms with E-state index in [-0.39, 0.29) is 60.2 Å². The van der Waals surface area contributed by atoms with Crippen LogP contribution >= 0.6 is 23.2 Å². The van der Waals surface area contributed by atoms with Gasteiger partial charge in [0.05, 0.1) is 33.8 Å². The zero-order valence-electron chi connectivity index (χ0n) is 29.3. The van der Waals surface area contributed by atoms with E-state index in [0.717, 1.165) is 0 Å². The molecule has 2 aliphatic heterocycles. The number of ketones is 2. The van der Waals surface area contributed by atoms with Gasteiger partial charge in [-0.2, -0.15) is 0 Å². The lowest BCUT2D eigenvalue weighted by Crippen LogP contribution is -2.42. The van der Waals surface area contributed by atoms with Crippen LogP contribution in [0.5, 0.6) is 11.8 Å². The minimum Gasteiger partial charge on any atom is -0.465 e. The molecule has 2 amide bonds. The maximum Gasteiger partial charge on any atom is 0.266 e. The number of rotatable bonds is 13. The standard InChI is InChI=1S/C38H38Cl2N6O6/c1-21(11-13-23(3)47)17-45-31(49)19-51-37-35(45)41-15-29(43-37)27-9-5-7-25(33(27)39)26-8-6-10-28(34(26)40)30-16-42-36-38(44-30)52-20-32(50)46(36)18-22(2)12-14-24(4)48/h5-10,15-16,21-22H,11-14,17-20H2,1-4H3/t21-,22-/m0/s1. The third-order valence-electron chi connectivity index (χ3n) is 9.03. The first-order chi connectivity index (χ1) is 24.9. The Morgan fingerprint density at radius 3 is 1.46 bits per heavy atom. The molecule has 6 rings (SSSR count). The molecule has 2 aliphatic rings. The molecule has 0 N–H and O–H groups in total. The van der Waals surface area contributed by atoms with E-state index in [4.69, 9.17) is 42.6 Å². The van der Waals surface area contributed by atoms with Gasteiger partial charge >= 0.3 is 0 Å². The number of carbonyl (C=O) groups excluding carboxylic acids is 4. The van der Waals surface area contributed by atoms with Crippen molar-refractivity contribution >= 4 is 58.2 Å². The van der Waals surface area contributed by atoms with Gasteiger partial charge in [0.2, 0.25) is 0 Å². The fourth-order valence-electron chi connectivity index (χ4n) is 6.16. The Kier molecular flexibility index (Phi) is 11.2. The number of hydrogen-bond acceptors (Lipinski definition) is 10. The first-order valence-electron chi connectivity index (χ1n) is 17.1. The van der Waals surface area contributed by atoms with E-state index in [1.165, 1.54) is 0 Å². The maximum absolute atomic E-state index is 12.8. The smallest absolute Gasteiger partial charge is 0.266 e. The molecular weight excluding hydrogens is 707 g/mol. The van der Waals surface area contributed by atoms with Gasteiger partial charge in [-0.15, -0.1) is 0 Å². The molecule has 2 atom stereocenters. The summed E-state index contributed by atoms with van der Waals surface area (Å²) in [4.78, 5) is 70.1. The molecule has 4 heterocycles. The average molecular weight is 746 g/mol. The second kappa shape index (κ2) is 15.7. The highest BCUT2D eigenvalue weighted by atomic mass is 35.5. The van der Waals surface area contributed by atoms with Crippen molar-refractivity contribution < 1.29 is 28.7 Å². The zero-order valence-corrected chi connectivity index (χ0v) is 30.8. The second-order valence-corrected chi connectivity index (χ2v) is 14.1. The molecule has 2 aromatic heterocycles. The third kappa shape index (κ3) is 7.93. The van der Waals surface area contributed by atoms with Gasteiger partial charge in [0, 0.05) is 48.2 Å². The molecule has 12 nitrogen and oxygen atoms in total. The van der Waals surface area contributed by atoms with Crippen LogP contribution in [0.15, 0.2) is 48.8 Å². The van der Waals surface area contributed by atoms with Gasteiger partial charge in [-0.1, -0.05) is 73.4 Å².